The number of aromatic nitrogens is 4. The molecule has 0 fully saturated rings. The van der Waals surface area contributed by atoms with E-state index in [1.807, 2.05) is 12.1 Å². The first kappa shape index (κ1) is 32.0. The SMILES string of the molecule is Cc1c(NS(=O)(=O)c2ccc3c(c2)Cc2cc(S(=O)(=O)Nc4c(C)n(C)n(-c5ccccc5)c4=O)ccc2-3)c(=O)n(-c2ccccc2)n1C. The van der Waals surface area contributed by atoms with Crippen LogP contribution in [0.15, 0.2) is 116 Å². The lowest BCUT2D eigenvalue weighted by molar-refractivity contribution is 0.599. The fourth-order valence-electron chi connectivity index (χ4n) is 6.26. The first-order chi connectivity index (χ1) is 23.3. The first-order valence-electron chi connectivity index (χ1n) is 15.3. The smallest absolute Gasteiger partial charge is 0.283 e. The zero-order chi connectivity index (χ0) is 34.8. The molecule has 0 amide bonds. The molecule has 250 valence electrons. The number of hydrogen-bond donors (Lipinski definition) is 2. The number of rotatable bonds is 8. The summed E-state index contributed by atoms with van der Waals surface area (Å²) in [6.45, 7) is 3.33. The van der Waals surface area contributed by atoms with Crippen molar-refractivity contribution in [3.63, 3.8) is 0 Å². The van der Waals surface area contributed by atoms with Gasteiger partial charge in [0.05, 0.1) is 32.6 Å². The van der Waals surface area contributed by atoms with Crippen LogP contribution in [0.4, 0.5) is 11.4 Å². The van der Waals surface area contributed by atoms with Crippen LogP contribution in [0, 0.1) is 13.8 Å². The number of benzene rings is 4. The maximum absolute atomic E-state index is 13.6. The van der Waals surface area contributed by atoms with Crippen molar-refractivity contribution in [2.75, 3.05) is 9.44 Å². The summed E-state index contributed by atoms with van der Waals surface area (Å²) in [5.74, 6) is 0. The highest BCUT2D eigenvalue weighted by Crippen LogP contribution is 2.39. The van der Waals surface area contributed by atoms with E-state index in [1.54, 1.807) is 98.0 Å². The van der Waals surface area contributed by atoms with E-state index >= 15 is 0 Å². The standard InChI is InChI=1S/C35H32N6O6S2/c1-22-32(34(42)40(38(22)3)26-11-7-5-8-12-26)36-48(44,45)28-15-17-30-24(20-28)19-25-21-29(16-18-31(25)30)49(46,47)37-33-23(2)39(4)41(35(33)43)27-13-9-6-10-14-27/h5-18,20-21,36-37H,19H2,1-4H3. The second-order valence-electron chi connectivity index (χ2n) is 11.9. The molecule has 0 saturated heterocycles. The zero-order valence-corrected chi connectivity index (χ0v) is 28.6. The van der Waals surface area contributed by atoms with E-state index in [0.29, 0.717) is 33.9 Å². The van der Waals surface area contributed by atoms with Gasteiger partial charge in [-0.3, -0.25) is 28.4 Å². The Morgan fingerprint density at radius 1 is 0.551 bits per heavy atom. The Bertz CT molecular complexity index is 2450. The van der Waals surface area contributed by atoms with E-state index in [0.717, 1.165) is 11.1 Å². The van der Waals surface area contributed by atoms with Crippen molar-refractivity contribution in [3.05, 3.63) is 140 Å². The molecule has 0 saturated carbocycles. The summed E-state index contributed by atoms with van der Waals surface area (Å²) >= 11 is 0. The van der Waals surface area contributed by atoms with Gasteiger partial charge in [0.1, 0.15) is 11.4 Å². The van der Waals surface area contributed by atoms with Crippen molar-refractivity contribution < 1.29 is 16.8 Å². The van der Waals surface area contributed by atoms with Gasteiger partial charge in [-0.05, 0) is 91.1 Å². The normalized spacial score (nSPS) is 12.5. The molecule has 0 unspecified atom stereocenters. The number of nitrogens with zero attached hydrogens (tertiary/aromatic N) is 4. The van der Waals surface area contributed by atoms with Gasteiger partial charge in [-0.15, -0.1) is 0 Å². The fraction of sp³-hybridized carbons (Fsp3) is 0.143. The average Bonchev–Trinajstić information content (AvgIpc) is 3.63. The Kier molecular flexibility index (Phi) is 7.52. The van der Waals surface area contributed by atoms with Crippen LogP contribution in [-0.4, -0.2) is 35.6 Å². The third-order valence-corrected chi connectivity index (χ3v) is 11.7. The van der Waals surface area contributed by atoms with Crippen molar-refractivity contribution in [2.24, 2.45) is 14.1 Å². The predicted octanol–water partition coefficient (Wildman–Crippen LogP) is 4.46. The van der Waals surface area contributed by atoms with Gasteiger partial charge in [0.15, 0.2) is 0 Å². The van der Waals surface area contributed by atoms with Gasteiger partial charge in [-0.1, -0.05) is 48.5 Å². The topological polar surface area (TPSA) is 146 Å². The van der Waals surface area contributed by atoms with Gasteiger partial charge in [-0.2, -0.15) is 0 Å². The molecule has 14 heteroatoms. The molecule has 0 aliphatic heterocycles. The third kappa shape index (κ3) is 5.29. The number of nitrogens with one attached hydrogen (secondary N) is 2. The Morgan fingerprint density at radius 2 is 0.918 bits per heavy atom. The minimum Gasteiger partial charge on any atom is -0.283 e. The quantitative estimate of drug-likeness (QED) is 0.240. The molecule has 0 radical (unpaired) electrons. The number of fused-ring (bicyclic) bond motifs is 3. The molecule has 0 spiro atoms. The van der Waals surface area contributed by atoms with Crippen LogP contribution in [0.25, 0.3) is 22.5 Å². The first-order valence-corrected chi connectivity index (χ1v) is 18.2. The second kappa shape index (κ2) is 11.5. The van der Waals surface area contributed by atoms with Crippen LogP contribution in [-0.2, 0) is 40.6 Å². The van der Waals surface area contributed by atoms with Crippen LogP contribution in [0.3, 0.4) is 0 Å². The number of sulfonamides is 2. The predicted molar refractivity (Wildman–Crippen MR) is 188 cm³/mol. The van der Waals surface area contributed by atoms with E-state index in [2.05, 4.69) is 9.44 Å². The summed E-state index contributed by atoms with van der Waals surface area (Å²) < 4.78 is 65.3. The maximum atomic E-state index is 13.6. The van der Waals surface area contributed by atoms with Gasteiger partial charge in [0.25, 0.3) is 31.2 Å². The summed E-state index contributed by atoms with van der Waals surface area (Å²) in [6.07, 6.45) is 0.285. The van der Waals surface area contributed by atoms with Gasteiger partial charge < -0.3 is 0 Å². The lowest BCUT2D eigenvalue weighted by Gasteiger charge is -2.09. The molecule has 2 heterocycles. The van der Waals surface area contributed by atoms with Crippen LogP contribution >= 0.6 is 0 Å². The number of para-hydroxylation sites is 2. The summed E-state index contributed by atoms with van der Waals surface area (Å²) in [5, 5.41) is 0. The van der Waals surface area contributed by atoms with Crippen molar-refractivity contribution in [3.8, 4) is 22.5 Å². The van der Waals surface area contributed by atoms with E-state index < -0.39 is 31.2 Å². The van der Waals surface area contributed by atoms with E-state index in [9.17, 15) is 26.4 Å². The Morgan fingerprint density at radius 3 is 1.29 bits per heavy atom. The average molecular weight is 697 g/mol. The molecule has 0 bridgehead atoms. The van der Waals surface area contributed by atoms with Gasteiger partial charge in [-0.25, -0.2) is 26.2 Å². The van der Waals surface area contributed by atoms with E-state index in [-0.39, 0.29) is 27.6 Å². The molecule has 6 aromatic rings. The highest BCUT2D eigenvalue weighted by Gasteiger charge is 2.28. The minimum absolute atomic E-state index is 0.0308. The van der Waals surface area contributed by atoms with Crippen LogP contribution in [0.2, 0.25) is 0 Å². The van der Waals surface area contributed by atoms with Gasteiger partial charge >= 0.3 is 0 Å². The summed E-state index contributed by atoms with van der Waals surface area (Å²) in [5.41, 5.74) is 3.89. The Labute approximate surface area is 282 Å². The highest BCUT2D eigenvalue weighted by atomic mass is 32.2. The van der Waals surface area contributed by atoms with Crippen LogP contribution < -0.4 is 20.6 Å². The molecule has 12 nitrogen and oxygen atoms in total. The zero-order valence-electron chi connectivity index (χ0n) is 27.0. The molecule has 0 atom stereocenters. The highest BCUT2D eigenvalue weighted by molar-refractivity contribution is 7.93. The summed E-state index contributed by atoms with van der Waals surface area (Å²) in [6, 6.07) is 27.2. The fourth-order valence-corrected chi connectivity index (χ4v) is 8.59. The molecule has 2 N–H and O–H groups in total. The number of hydrogen-bond acceptors (Lipinski definition) is 6. The monoisotopic (exact) mass is 696 g/mol. The Balaban J connectivity index is 1.16. The van der Waals surface area contributed by atoms with Gasteiger partial charge in [0.2, 0.25) is 0 Å². The molecule has 4 aromatic carbocycles. The lowest BCUT2D eigenvalue weighted by atomic mass is 10.1. The maximum Gasteiger partial charge on any atom is 0.296 e. The molecular weight excluding hydrogens is 665 g/mol. The molecule has 49 heavy (non-hydrogen) atoms. The van der Waals surface area contributed by atoms with E-state index in [4.69, 9.17) is 0 Å². The second-order valence-corrected chi connectivity index (χ2v) is 15.3. The molecule has 2 aromatic heterocycles. The number of anilines is 2. The van der Waals surface area contributed by atoms with Crippen molar-refractivity contribution in [1.82, 2.24) is 18.7 Å². The minimum atomic E-state index is -4.16. The van der Waals surface area contributed by atoms with E-state index in [1.165, 1.54) is 33.6 Å². The molecule has 1 aliphatic rings. The largest absolute Gasteiger partial charge is 0.296 e. The third-order valence-electron chi connectivity index (χ3n) is 9.03. The van der Waals surface area contributed by atoms with Crippen molar-refractivity contribution in [1.29, 1.82) is 0 Å². The van der Waals surface area contributed by atoms with Crippen LogP contribution in [0.5, 0.6) is 0 Å². The Hall–Kier alpha value is -5.60. The van der Waals surface area contributed by atoms with Gasteiger partial charge in [0, 0.05) is 14.1 Å². The summed E-state index contributed by atoms with van der Waals surface area (Å²) in [7, 11) is -4.97. The lowest BCUT2D eigenvalue weighted by Crippen LogP contribution is -2.23. The van der Waals surface area contributed by atoms with Crippen molar-refractivity contribution >= 4 is 31.4 Å². The molecule has 7 rings (SSSR count). The van der Waals surface area contributed by atoms with Crippen molar-refractivity contribution in [2.45, 2.75) is 30.1 Å². The molecule has 1 aliphatic carbocycles. The molecular formula is C35H32N6O6S2. The summed E-state index contributed by atoms with van der Waals surface area (Å²) in [4.78, 5) is 26.6. The van der Waals surface area contributed by atoms with Crippen LogP contribution in [0.1, 0.15) is 22.5 Å².